The molecule has 1 aliphatic rings. The first-order valence-corrected chi connectivity index (χ1v) is 6.43. The summed E-state index contributed by atoms with van der Waals surface area (Å²) in [5.74, 6) is -0.699. The van der Waals surface area contributed by atoms with Crippen LogP contribution in [-0.4, -0.2) is 41.8 Å². The van der Waals surface area contributed by atoms with Gasteiger partial charge in [0.2, 0.25) is 11.8 Å². The van der Waals surface area contributed by atoms with E-state index in [1.807, 2.05) is 6.07 Å². The zero-order valence-corrected chi connectivity index (χ0v) is 11.2. The number of hydrogen-bond acceptors (Lipinski definition) is 4. The number of benzene rings is 1. The van der Waals surface area contributed by atoms with Gasteiger partial charge in [-0.3, -0.25) is 19.7 Å². The second-order valence-electron chi connectivity index (χ2n) is 4.46. The third-order valence-electron chi connectivity index (χ3n) is 3.07. The van der Waals surface area contributed by atoms with Gasteiger partial charge in [0, 0.05) is 0 Å². The number of rotatable bonds is 4. The van der Waals surface area contributed by atoms with E-state index in [1.165, 1.54) is 4.90 Å². The number of nitrogens with zero attached hydrogens (tertiary/aromatic N) is 1. The lowest BCUT2D eigenvalue weighted by Gasteiger charge is -2.33. The van der Waals surface area contributed by atoms with Gasteiger partial charge >= 0.3 is 0 Å². The maximum atomic E-state index is 12.1. The van der Waals surface area contributed by atoms with Gasteiger partial charge in [0.15, 0.2) is 6.61 Å². The predicted octanol–water partition coefficient (Wildman–Crippen LogP) is 0.329. The van der Waals surface area contributed by atoms with Crippen LogP contribution in [-0.2, 0) is 14.4 Å². The van der Waals surface area contributed by atoms with Crippen molar-refractivity contribution in [2.24, 2.45) is 0 Å². The minimum absolute atomic E-state index is 0.110. The molecule has 0 bridgehead atoms. The molecule has 1 unspecified atom stereocenters. The van der Waals surface area contributed by atoms with Crippen LogP contribution in [0.3, 0.4) is 0 Å². The molecule has 1 N–H and O–H groups in total. The van der Waals surface area contributed by atoms with Crippen molar-refractivity contribution < 1.29 is 19.1 Å². The molecule has 0 aromatic heterocycles. The Morgan fingerprint density at radius 3 is 2.70 bits per heavy atom. The molecule has 6 nitrogen and oxygen atoms in total. The monoisotopic (exact) mass is 276 g/mol. The van der Waals surface area contributed by atoms with Crippen molar-refractivity contribution in [3.63, 3.8) is 0 Å². The second-order valence-corrected chi connectivity index (χ2v) is 4.46. The summed E-state index contributed by atoms with van der Waals surface area (Å²) in [7, 11) is 0. The normalized spacial score (nSPS) is 18.6. The van der Waals surface area contributed by atoms with Crippen molar-refractivity contribution in [2.75, 3.05) is 13.2 Å². The van der Waals surface area contributed by atoms with Crippen molar-refractivity contribution in [2.45, 2.75) is 19.4 Å². The summed E-state index contributed by atoms with van der Waals surface area (Å²) in [4.78, 5) is 36.4. The molecule has 6 heteroatoms. The minimum atomic E-state index is -0.612. The van der Waals surface area contributed by atoms with Crippen LogP contribution in [0.5, 0.6) is 5.75 Å². The Labute approximate surface area is 116 Å². The molecule has 0 saturated carbocycles. The maximum Gasteiger partial charge on any atom is 0.261 e. The Hall–Kier alpha value is -2.37. The van der Waals surface area contributed by atoms with E-state index in [4.69, 9.17) is 4.74 Å². The van der Waals surface area contributed by atoms with Crippen LogP contribution in [0.15, 0.2) is 30.3 Å². The van der Waals surface area contributed by atoms with Crippen LogP contribution < -0.4 is 10.1 Å². The average Bonchev–Trinajstić information content (AvgIpc) is 2.45. The smallest absolute Gasteiger partial charge is 0.261 e. The van der Waals surface area contributed by atoms with E-state index in [9.17, 15) is 14.4 Å². The van der Waals surface area contributed by atoms with Gasteiger partial charge in [-0.2, -0.15) is 0 Å². The van der Waals surface area contributed by atoms with Gasteiger partial charge in [0.1, 0.15) is 18.3 Å². The van der Waals surface area contributed by atoms with E-state index in [1.54, 1.807) is 31.2 Å². The minimum Gasteiger partial charge on any atom is -0.484 e. The first kappa shape index (κ1) is 14.0. The number of para-hydroxylation sites is 1. The van der Waals surface area contributed by atoms with E-state index in [-0.39, 0.29) is 19.1 Å². The summed E-state index contributed by atoms with van der Waals surface area (Å²) in [5, 5.41) is 2.23. The van der Waals surface area contributed by atoms with Gasteiger partial charge in [-0.15, -0.1) is 0 Å². The zero-order valence-electron chi connectivity index (χ0n) is 11.2. The molecule has 1 fully saturated rings. The lowest BCUT2D eigenvalue weighted by molar-refractivity contribution is -0.151. The predicted molar refractivity (Wildman–Crippen MR) is 70.9 cm³/mol. The Balaban J connectivity index is 1.99. The Kier molecular flexibility index (Phi) is 4.34. The molecule has 3 amide bonds. The van der Waals surface area contributed by atoms with Gasteiger partial charge in [-0.25, -0.2) is 0 Å². The van der Waals surface area contributed by atoms with Gasteiger partial charge in [-0.1, -0.05) is 25.1 Å². The molecule has 1 aromatic rings. The number of ether oxygens (including phenoxy) is 1. The van der Waals surface area contributed by atoms with Crippen LogP contribution in [0.25, 0.3) is 0 Å². The molecule has 2 rings (SSSR count). The molecular weight excluding hydrogens is 260 g/mol. The number of imide groups is 1. The van der Waals surface area contributed by atoms with E-state index < -0.39 is 17.9 Å². The second kappa shape index (κ2) is 6.18. The summed E-state index contributed by atoms with van der Waals surface area (Å²) in [5.41, 5.74) is 0. The first-order valence-electron chi connectivity index (χ1n) is 6.43. The van der Waals surface area contributed by atoms with Crippen LogP contribution >= 0.6 is 0 Å². The van der Waals surface area contributed by atoms with E-state index in [2.05, 4.69) is 5.32 Å². The number of nitrogens with one attached hydrogen (secondary N) is 1. The lowest BCUT2D eigenvalue weighted by Crippen LogP contribution is -2.60. The summed E-state index contributed by atoms with van der Waals surface area (Å²) in [6.07, 6.45) is 0.455. The quantitative estimate of drug-likeness (QED) is 0.804. The number of carbonyl (C=O) groups excluding carboxylic acids is 3. The molecule has 0 spiro atoms. The van der Waals surface area contributed by atoms with Gasteiger partial charge in [0.25, 0.3) is 5.91 Å². The van der Waals surface area contributed by atoms with Crippen molar-refractivity contribution in [1.82, 2.24) is 10.2 Å². The Morgan fingerprint density at radius 1 is 1.35 bits per heavy atom. The summed E-state index contributed by atoms with van der Waals surface area (Å²) >= 11 is 0. The Bertz CT molecular complexity index is 515. The summed E-state index contributed by atoms with van der Waals surface area (Å²) in [6, 6.07) is 8.30. The van der Waals surface area contributed by atoms with Crippen LogP contribution in [0, 0.1) is 0 Å². The third kappa shape index (κ3) is 3.14. The van der Waals surface area contributed by atoms with Crippen LogP contribution in [0.1, 0.15) is 13.3 Å². The van der Waals surface area contributed by atoms with E-state index in [0.717, 1.165) is 0 Å². The molecule has 1 heterocycles. The Morgan fingerprint density at radius 2 is 2.05 bits per heavy atom. The third-order valence-corrected chi connectivity index (χ3v) is 3.07. The van der Waals surface area contributed by atoms with Crippen molar-refractivity contribution >= 4 is 17.7 Å². The first-order chi connectivity index (χ1) is 9.61. The number of carbonyl (C=O) groups is 3. The fraction of sp³-hybridized carbons (Fsp3) is 0.357. The molecule has 1 aliphatic heterocycles. The fourth-order valence-corrected chi connectivity index (χ4v) is 2.08. The topological polar surface area (TPSA) is 75.7 Å². The molecule has 1 atom stereocenters. The van der Waals surface area contributed by atoms with Crippen LogP contribution in [0.4, 0.5) is 0 Å². The highest BCUT2D eigenvalue weighted by Gasteiger charge is 2.35. The highest BCUT2D eigenvalue weighted by molar-refractivity contribution is 6.04. The summed E-state index contributed by atoms with van der Waals surface area (Å²) < 4.78 is 5.35. The van der Waals surface area contributed by atoms with Crippen LogP contribution in [0.2, 0.25) is 0 Å². The van der Waals surface area contributed by atoms with Crippen molar-refractivity contribution in [3.05, 3.63) is 30.3 Å². The van der Waals surface area contributed by atoms with Gasteiger partial charge in [0.05, 0.1) is 0 Å². The standard InChI is InChI=1S/C14H16N2O4/c1-2-11-14(19)15-12(17)8-16(11)13(18)9-20-10-6-4-3-5-7-10/h3-7,11H,2,8-9H2,1H3,(H,15,17,19). The summed E-state index contributed by atoms with van der Waals surface area (Å²) in [6.45, 7) is 1.49. The molecule has 0 aliphatic carbocycles. The van der Waals surface area contributed by atoms with E-state index >= 15 is 0 Å². The highest BCUT2D eigenvalue weighted by atomic mass is 16.5. The highest BCUT2D eigenvalue weighted by Crippen LogP contribution is 2.12. The number of hydrogen-bond donors (Lipinski definition) is 1. The molecule has 106 valence electrons. The number of amides is 3. The van der Waals surface area contributed by atoms with Gasteiger partial charge < -0.3 is 9.64 Å². The molecule has 20 heavy (non-hydrogen) atoms. The zero-order chi connectivity index (χ0) is 14.5. The average molecular weight is 276 g/mol. The van der Waals surface area contributed by atoms with Gasteiger partial charge in [-0.05, 0) is 18.6 Å². The van der Waals surface area contributed by atoms with Crippen molar-refractivity contribution in [1.29, 1.82) is 0 Å². The molecule has 0 radical (unpaired) electrons. The maximum absolute atomic E-state index is 12.1. The molecule has 1 aromatic carbocycles. The lowest BCUT2D eigenvalue weighted by atomic mass is 10.1. The SMILES string of the molecule is CCC1C(=O)NC(=O)CN1C(=O)COc1ccccc1. The molecule has 1 saturated heterocycles. The fourth-order valence-electron chi connectivity index (χ4n) is 2.08. The number of piperazine rings is 1. The molecular formula is C14H16N2O4. The van der Waals surface area contributed by atoms with Crippen molar-refractivity contribution in [3.8, 4) is 5.75 Å². The van der Waals surface area contributed by atoms with E-state index in [0.29, 0.717) is 12.2 Å². The largest absolute Gasteiger partial charge is 0.484 e.